The van der Waals surface area contributed by atoms with E-state index in [4.69, 9.17) is 16.6 Å². The van der Waals surface area contributed by atoms with Gasteiger partial charge in [-0.1, -0.05) is 41.9 Å². The average Bonchev–Trinajstić information content (AvgIpc) is 3.11. The van der Waals surface area contributed by atoms with Gasteiger partial charge in [-0.05, 0) is 18.2 Å². The van der Waals surface area contributed by atoms with E-state index in [1.54, 1.807) is 17.4 Å². The van der Waals surface area contributed by atoms with Gasteiger partial charge in [0.05, 0.1) is 36.9 Å². The molecule has 0 spiro atoms. The molecular weight excluding hydrogens is 366 g/mol. The number of piperazine rings is 1. The fraction of sp³-hybridized carbons (Fsp3) is 0.250. The lowest BCUT2D eigenvalue weighted by atomic mass is 10.2. The maximum absolute atomic E-state index is 10.0. The fourth-order valence-corrected chi connectivity index (χ4v) is 4.51. The summed E-state index contributed by atoms with van der Waals surface area (Å²) >= 11 is 7.93. The molecule has 0 saturated carbocycles. The Bertz CT molecular complexity index is 890. The minimum absolute atomic E-state index is 0.361. The predicted molar refractivity (Wildman–Crippen MR) is 107 cm³/mol. The molecule has 0 radical (unpaired) electrons. The van der Waals surface area contributed by atoms with Crippen molar-refractivity contribution in [3.63, 3.8) is 0 Å². The Kier molecular flexibility index (Phi) is 5.11. The van der Waals surface area contributed by atoms with Gasteiger partial charge in [0, 0.05) is 10.9 Å². The third-order valence-corrected chi connectivity index (χ3v) is 6.03. The van der Waals surface area contributed by atoms with Gasteiger partial charge in [-0.2, -0.15) is 0 Å². The third kappa shape index (κ3) is 3.70. The van der Waals surface area contributed by atoms with E-state index in [1.165, 1.54) is 4.90 Å². The van der Waals surface area contributed by atoms with Crippen molar-refractivity contribution >= 4 is 28.6 Å². The first-order valence-corrected chi connectivity index (χ1v) is 10.0. The van der Waals surface area contributed by atoms with Crippen LogP contribution in [0.2, 0.25) is 5.02 Å². The number of nitrogens with one attached hydrogen (secondary N) is 1. The number of thiazole rings is 1. The third-order valence-electron chi connectivity index (χ3n) is 4.78. The van der Waals surface area contributed by atoms with Gasteiger partial charge in [0.25, 0.3) is 0 Å². The number of aromatic hydroxyl groups is 1. The number of halogens is 1. The van der Waals surface area contributed by atoms with Crippen molar-refractivity contribution in [2.45, 2.75) is 6.54 Å². The smallest absolute Gasteiger partial charge is 0.138 e. The minimum Gasteiger partial charge on any atom is -0.506 e. The van der Waals surface area contributed by atoms with Gasteiger partial charge < -0.3 is 14.9 Å². The molecule has 1 aromatic heterocycles. The molecule has 0 amide bonds. The molecule has 3 aromatic rings. The quantitative estimate of drug-likeness (QED) is 0.724. The monoisotopic (exact) mass is 386 g/mol. The van der Waals surface area contributed by atoms with Crippen LogP contribution in [-0.2, 0) is 6.54 Å². The van der Waals surface area contributed by atoms with E-state index in [1.807, 2.05) is 42.5 Å². The molecule has 0 unspecified atom stereocenters. The SMILES string of the molecule is Oc1ccccc1N1CC[NH+](Cc2csc(-c3ccccc3Cl)n2)CC1. The Labute approximate surface area is 162 Å². The van der Waals surface area contributed by atoms with Crippen LogP contribution in [0.3, 0.4) is 0 Å². The first kappa shape index (κ1) is 17.3. The van der Waals surface area contributed by atoms with E-state index >= 15 is 0 Å². The standard InChI is InChI=1S/C20H20ClN3OS/c21-17-6-2-1-5-16(17)20-22-15(14-26-20)13-23-9-11-24(12-10-23)18-7-3-4-8-19(18)25/h1-8,14,25H,9-13H2/p+1. The van der Waals surface area contributed by atoms with Gasteiger partial charge in [-0.15, -0.1) is 11.3 Å². The predicted octanol–water partition coefficient (Wildman–Crippen LogP) is 3.07. The van der Waals surface area contributed by atoms with E-state index in [0.717, 1.165) is 59.7 Å². The molecule has 6 heteroatoms. The number of anilines is 1. The number of hydrogen-bond donors (Lipinski definition) is 2. The molecular formula is C20H21ClN3OS+. The van der Waals surface area contributed by atoms with Crippen LogP contribution in [0.4, 0.5) is 5.69 Å². The van der Waals surface area contributed by atoms with Crippen LogP contribution >= 0.6 is 22.9 Å². The van der Waals surface area contributed by atoms with Crippen molar-refractivity contribution in [1.82, 2.24) is 4.98 Å². The zero-order valence-electron chi connectivity index (χ0n) is 14.4. The maximum atomic E-state index is 10.0. The molecule has 134 valence electrons. The Morgan fingerprint density at radius 3 is 2.58 bits per heavy atom. The van der Waals surface area contributed by atoms with Gasteiger partial charge in [-0.25, -0.2) is 4.98 Å². The summed E-state index contributed by atoms with van der Waals surface area (Å²) in [6, 6.07) is 15.4. The second kappa shape index (κ2) is 7.66. The number of nitrogens with zero attached hydrogens (tertiary/aromatic N) is 2. The molecule has 0 aliphatic carbocycles. The molecule has 2 aromatic carbocycles. The van der Waals surface area contributed by atoms with E-state index in [0.29, 0.717) is 5.75 Å². The second-order valence-electron chi connectivity index (χ2n) is 6.53. The molecule has 0 bridgehead atoms. The van der Waals surface area contributed by atoms with Crippen molar-refractivity contribution < 1.29 is 10.0 Å². The first-order valence-electron chi connectivity index (χ1n) is 8.76. The van der Waals surface area contributed by atoms with Crippen LogP contribution < -0.4 is 9.80 Å². The van der Waals surface area contributed by atoms with Crippen LogP contribution in [0, 0.1) is 0 Å². The highest BCUT2D eigenvalue weighted by atomic mass is 35.5. The van der Waals surface area contributed by atoms with Gasteiger partial charge in [0.2, 0.25) is 0 Å². The Hall–Kier alpha value is -2.08. The minimum atomic E-state index is 0.361. The molecule has 0 atom stereocenters. The molecule has 2 N–H and O–H groups in total. The van der Waals surface area contributed by atoms with E-state index in [2.05, 4.69) is 10.3 Å². The van der Waals surface area contributed by atoms with Crippen LogP contribution in [0.5, 0.6) is 5.75 Å². The van der Waals surface area contributed by atoms with E-state index < -0.39 is 0 Å². The number of aromatic nitrogens is 1. The van der Waals surface area contributed by atoms with Crippen LogP contribution in [-0.4, -0.2) is 36.3 Å². The molecule has 2 heterocycles. The average molecular weight is 387 g/mol. The van der Waals surface area contributed by atoms with Gasteiger partial charge in [0.1, 0.15) is 23.0 Å². The highest BCUT2D eigenvalue weighted by Crippen LogP contribution is 2.30. The Balaban J connectivity index is 1.38. The Morgan fingerprint density at radius 1 is 1.08 bits per heavy atom. The van der Waals surface area contributed by atoms with E-state index in [-0.39, 0.29) is 0 Å². The number of hydrogen-bond acceptors (Lipinski definition) is 4. The number of benzene rings is 2. The molecule has 1 aliphatic rings. The number of rotatable bonds is 4. The summed E-state index contributed by atoms with van der Waals surface area (Å²) in [6.07, 6.45) is 0. The van der Waals surface area contributed by atoms with Gasteiger partial charge in [0.15, 0.2) is 0 Å². The summed E-state index contributed by atoms with van der Waals surface area (Å²) in [7, 11) is 0. The molecule has 4 rings (SSSR count). The van der Waals surface area contributed by atoms with Crippen molar-refractivity contribution in [1.29, 1.82) is 0 Å². The van der Waals surface area contributed by atoms with Crippen molar-refractivity contribution in [3.05, 3.63) is 64.6 Å². The summed E-state index contributed by atoms with van der Waals surface area (Å²) in [5.74, 6) is 0.361. The van der Waals surface area contributed by atoms with Crippen molar-refractivity contribution in [3.8, 4) is 16.3 Å². The molecule has 1 aliphatic heterocycles. The topological polar surface area (TPSA) is 40.8 Å². The number of phenolic OH excluding ortho intramolecular Hbond substituents is 1. The van der Waals surface area contributed by atoms with Crippen molar-refractivity contribution in [2.24, 2.45) is 0 Å². The molecule has 4 nitrogen and oxygen atoms in total. The zero-order chi connectivity index (χ0) is 17.9. The lowest BCUT2D eigenvalue weighted by molar-refractivity contribution is -0.914. The summed E-state index contributed by atoms with van der Waals surface area (Å²) < 4.78 is 0. The highest BCUT2D eigenvalue weighted by molar-refractivity contribution is 7.13. The lowest BCUT2D eigenvalue weighted by Gasteiger charge is -2.33. The summed E-state index contributed by atoms with van der Waals surface area (Å²) in [6.45, 7) is 4.87. The number of para-hydroxylation sites is 2. The largest absolute Gasteiger partial charge is 0.506 e. The second-order valence-corrected chi connectivity index (χ2v) is 7.79. The van der Waals surface area contributed by atoms with Gasteiger partial charge in [-0.3, -0.25) is 0 Å². The molecule has 1 fully saturated rings. The van der Waals surface area contributed by atoms with Crippen LogP contribution in [0.25, 0.3) is 10.6 Å². The molecule has 1 saturated heterocycles. The normalized spacial score (nSPS) is 15.3. The molecule has 26 heavy (non-hydrogen) atoms. The van der Waals surface area contributed by atoms with Crippen LogP contribution in [0.15, 0.2) is 53.9 Å². The maximum Gasteiger partial charge on any atom is 0.138 e. The van der Waals surface area contributed by atoms with Crippen LogP contribution in [0.1, 0.15) is 5.69 Å². The first-order chi connectivity index (χ1) is 12.7. The van der Waals surface area contributed by atoms with E-state index in [9.17, 15) is 5.11 Å². The lowest BCUT2D eigenvalue weighted by Crippen LogP contribution is -3.13. The summed E-state index contributed by atoms with van der Waals surface area (Å²) in [5, 5.41) is 13.9. The Morgan fingerprint density at radius 2 is 1.81 bits per heavy atom. The zero-order valence-corrected chi connectivity index (χ0v) is 15.9. The summed E-state index contributed by atoms with van der Waals surface area (Å²) in [5.41, 5.74) is 3.06. The summed E-state index contributed by atoms with van der Waals surface area (Å²) in [4.78, 5) is 8.57. The van der Waals surface area contributed by atoms with Gasteiger partial charge >= 0.3 is 0 Å². The number of quaternary nitrogens is 1. The fourth-order valence-electron chi connectivity index (χ4n) is 3.37. The van der Waals surface area contributed by atoms with Crippen molar-refractivity contribution in [2.75, 3.05) is 31.1 Å². The number of phenols is 1. The highest BCUT2D eigenvalue weighted by Gasteiger charge is 2.22.